The molecular formula is C31H33NO6S2. The number of hydrogen-bond donors (Lipinski definition) is 0. The number of rotatable bonds is 6. The van der Waals surface area contributed by atoms with Crippen LogP contribution in [0.2, 0.25) is 0 Å². The van der Waals surface area contributed by atoms with E-state index in [1.807, 2.05) is 61.0 Å². The Kier molecular flexibility index (Phi) is 15.5. The van der Waals surface area contributed by atoms with Crippen molar-refractivity contribution < 1.29 is 28.7 Å². The lowest BCUT2D eigenvalue weighted by molar-refractivity contribution is -0.142. The van der Waals surface area contributed by atoms with Gasteiger partial charge < -0.3 is 4.74 Å². The summed E-state index contributed by atoms with van der Waals surface area (Å²) in [7, 11) is 0. The molecule has 0 unspecified atom stereocenters. The lowest BCUT2D eigenvalue weighted by Gasteiger charge is -1.99. The van der Waals surface area contributed by atoms with Gasteiger partial charge in [0.25, 0.3) is 0 Å². The first kappa shape index (κ1) is 33.9. The number of hydrogen-bond acceptors (Lipinski definition) is 9. The lowest BCUT2D eigenvalue weighted by atomic mass is 10.1. The van der Waals surface area contributed by atoms with Crippen LogP contribution in [-0.2, 0) is 20.9 Å². The minimum absolute atomic E-state index is 0.114. The molecule has 7 nitrogen and oxygen atoms in total. The maximum Gasteiger partial charge on any atom is 0.302 e. The molecule has 0 aliphatic heterocycles. The second-order valence-electron chi connectivity index (χ2n) is 8.29. The average Bonchev–Trinajstić information content (AvgIpc) is 3.59. The Morgan fingerprint density at radius 2 is 1.32 bits per heavy atom. The van der Waals surface area contributed by atoms with E-state index in [9.17, 15) is 24.0 Å². The molecule has 2 heterocycles. The topological polar surface area (TPSA) is 107 Å². The van der Waals surface area contributed by atoms with Gasteiger partial charge in [0.15, 0.2) is 17.3 Å². The van der Waals surface area contributed by atoms with Crippen molar-refractivity contribution in [3.63, 3.8) is 0 Å². The number of Topliss-reactive ketones (excluding diaryl/α,β-unsaturated/α-hetero) is 4. The van der Waals surface area contributed by atoms with Gasteiger partial charge in [0.2, 0.25) is 5.78 Å². The highest BCUT2D eigenvalue weighted by Crippen LogP contribution is 2.16. The number of thiophene rings is 1. The number of aromatic nitrogens is 1. The Morgan fingerprint density at radius 1 is 0.750 bits per heavy atom. The molecule has 4 rings (SSSR count). The van der Waals surface area contributed by atoms with Crippen molar-refractivity contribution in [1.82, 2.24) is 4.98 Å². The fourth-order valence-electron chi connectivity index (χ4n) is 2.87. The third-order valence-electron chi connectivity index (χ3n) is 4.79. The molecule has 0 aliphatic rings. The minimum Gasteiger partial charge on any atom is -0.461 e. The second-order valence-corrected chi connectivity index (χ2v) is 10.3. The average molecular weight is 580 g/mol. The van der Waals surface area contributed by atoms with Crippen molar-refractivity contribution in [1.29, 1.82) is 0 Å². The molecule has 0 fully saturated rings. The number of benzene rings is 2. The zero-order valence-corrected chi connectivity index (χ0v) is 25.1. The number of ketones is 4. The molecule has 40 heavy (non-hydrogen) atoms. The van der Waals surface area contributed by atoms with E-state index in [0.717, 1.165) is 26.7 Å². The summed E-state index contributed by atoms with van der Waals surface area (Å²) in [6, 6.07) is 19.9. The molecule has 4 aromatic rings. The van der Waals surface area contributed by atoms with Gasteiger partial charge in [-0.1, -0.05) is 60.7 Å². The van der Waals surface area contributed by atoms with Gasteiger partial charge in [0.1, 0.15) is 6.61 Å². The van der Waals surface area contributed by atoms with Crippen LogP contribution in [-0.4, -0.2) is 34.1 Å². The van der Waals surface area contributed by atoms with E-state index in [2.05, 4.69) is 4.98 Å². The molecule has 210 valence electrons. The highest BCUT2D eigenvalue weighted by molar-refractivity contribution is 7.13. The molecule has 9 heteroatoms. The van der Waals surface area contributed by atoms with Crippen molar-refractivity contribution in [2.45, 2.75) is 48.1 Å². The van der Waals surface area contributed by atoms with E-state index in [0.29, 0.717) is 12.2 Å². The molecular weight excluding hydrogens is 546 g/mol. The Labute approximate surface area is 242 Å². The summed E-state index contributed by atoms with van der Waals surface area (Å²) >= 11 is 3.01. The highest BCUT2D eigenvalue weighted by Gasteiger charge is 2.09. The maximum absolute atomic E-state index is 11.0. The van der Waals surface area contributed by atoms with E-state index >= 15 is 0 Å². The highest BCUT2D eigenvalue weighted by atomic mass is 32.1. The second kappa shape index (κ2) is 18.3. The summed E-state index contributed by atoms with van der Waals surface area (Å²) in [6.45, 7) is 9.96. The first-order valence-electron chi connectivity index (χ1n) is 12.2. The number of thiazole rings is 1. The number of ether oxygens (including phenoxy) is 1. The molecule has 2 aromatic heterocycles. The third-order valence-corrected chi connectivity index (χ3v) is 6.65. The summed E-state index contributed by atoms with van der Waals surface area (Å²) in [6.07, 6.45) is 0. The van der Waals surface area contributed by atoms with Crippen LogP contribution in [0.1, 0.15) is 74.3 Å². The van der Waals surface area contributed by atoms with Gasteiger partial charge in [-0.2, -0.15) is 11.3 Å². The van der Waals surface area contributed by atoms with E-state index in [-0.39, 0.29) is 17.5 Å². The Morgan fingerprint density at radius 3 is 1.68 bits per heavy atom. The minimum atomic E-state index is -0.425. The fourth-order valence-corrected chi connectivity index (χ4v) is 4.38. The van der Waals surface area contributed by atoms with Crippen LogP contribution < -0.4 is 0 Å². The number of carbonyl (C=O) groups is 5. The molecule has 0 atom stereocenters. The molecule has 0 N–H and O–H groups in total. The van der Waals surface area contributed by atoms with Crippen LogP contribution >= 0.6 is 22.7 Å². The molecule has 0 amide bonds. The van der Waals surface area contributed by atoms with Gasteiger partial charge in [-0.15, -0.1) is 11.3 Å². The van der Waals surface area contributed by atoms with E-state index < -0.39 is 11.6 Å². The zero-order valence-electron chi connectivity index (χ0n) is 23.4. The van der Waals surface area contributed by atoms with Crippen molar-refractivity contribution in [3.8, 4) is 0 Å². The van der Waals surface area contributed by atoms with Gasteiger partial charge in [-0.25, -0.2) is 4.98 Å². The number of aryl methyl sites for hydroxylation is 2. The predicted octanol–water partition coefficient (Wildman–Crippen LogP) is 7.12. The summed E-state index contributed by atoms with van der Waals surface area (Å²) < 4.78 is 4.79. The Bertz CT molecular complexity index is 1380. The molecule has 0 saturated carbocycles. The van der Waals surface area contributed by atoms with Crippen molar-refractivity contribution in [2.75, 3.05) is 0 Å². The molecule has 0 aliphatic carbocycles. The Balaban J connectivity index is 0.000000268. The van der Waals surface area contributed by atoms with Gasteiger partial charge in [-0.3, -0.25) is 24.0 Å². The molecule has 0 radical (unpaired) electrons. The Hall–Kier alpha value is -4.08. The number of nitrogens with zero attached hydrogens (tertiary/aromatic N) is 1. The smallest absolute Gasteiger partial charge is 0.302 e. The van der Waals surface area contributed by atoms with Crippen LogP contribution in [0.25, 0.3) is 0 Å². The number of carbonyl (C=O) groups excluding carboxylic acids is 5. The van der Waals surface area contributed by atoms with Crippen LogP contribution in [0.4, 0.5) is 0 Å². The van der Waals surface area contributed by atoms with Crippen molar-refractivity contribution in [2.24, 2.45) is 0 Å². The van der Waals surface area contributed by atoms with Gasteiger partial charge in [0, 0.05) is 37.3 Å². The van der Waals surface area contributed by atoms with Crippen LogP contribution in [0.5, 0.6) is 0 Å². The van der Waals surface area contributed by atoms with Crippen molar-refractivity contribution in [3.05, 3.63) is 110 Å². The van der Waals surface area contributed by atoms with Crippen LogP contribution in [0.3, 0.4) is 0 Å². The molecule has 0 saturated heterocycles. The van der Waals surface area contributed by atoms with E-state index in [1.165, 1.54) is 25.2 Å². The van der Waals surface area contributed by atoms with E-state index in [4.69, 9.17) is 4.74 Å². The zero-order chi connectivity index (χ0) is 30.1. The van der Waals surface area contributed by atoms with Gasteiger partial charge in [-0.05, 0) is 37.8 Å². The van der Waals surface area contributed by atoms with Gasteiger partial charge >= 0.3 is 5.97 Å². The molecule has 2 aromatic carbocycles. The predicted molar refractivity (Wildman–Crippen MR) is 159 cm³/mol. The molecule has 0 spiro atoms. The monoisotopic (exact) mass is 579 g/mol. The third kappa shape index (κ3) is 13.6. The van der Waals surface area contributed by atoms with Crippen LogP contribution in [0, 0.1) is 13.8 Å². The summed E-state index contributed by atoms with van der Waals surface area (Å²) in [5.74, 6) is -0.829. The standard InChI is InChI=1S/C9H10O2.C9H8O2.C7H9NOS.C6H6OS/c1-8(10)11-7-9-5-3-2-4-6-9;1-7(10)9(11)8-5-3-2-4-6-8;1-4-7(5(2)9)10-6(3)8-4;1-5(7)6-2-3-8-4-6/h2-6H,7H2,1H3;2-6H,1H3;1-3H3;2-4H,1H3. The first-order chi connectivity index (χ1) is 18.9. The number of esters is 1. The van der Waals surface area contributed by atoms with Crippen LogP contribution in [0.15, 0.2) is 77.5 Å². The maximum atomic E-state index is 11.0. The summed E-state index contributed by atoms with van der Waals surface area (Å²) in [5.41, 5.74) is 3.15. The molecule has 0 bridgehead atoms. The summed E-state index contributed by atoms with van der Waals surface area (Å²) in [5, 5.41) is 4.71. The van der Waals surface area contributed by atoms with Crippen molar-refractivity contribution >= 4 is 51.8 Å². The normalized spacial score (nSPS) is 9.35. The fraction of sp³-hybridized carbons (Fsp3) is 0.226. The largest absolute Gasteiger partial charge is 0.461 e. The first-order valence-corrected chi connectivity index (χ1v) is 13.9. The van der Waals surface area contributed by atoms with Gasteiger partial charge in [0.05, 0.1) is 15.6 Å². The SMILES string of the molecule is CC(=O)C(=O)c1ccccc1.CC(=O)OCc1ccccc1.CC(=O)c1ccsc1.CC(=O)c1sc(C)nc1C. The van der Waals surface area contributed by atoms with E-state index in [1.54, 1.807) is 55.5 Å². The lowest BCUT2D eigenvalue weighted by Crippen LogP contribution is -2.08. The quantitative estimate of drug-likeness (QED) is 0.136. The summed E-state index contributed by atoms with van der Waals surface area (Å²) in [4.78, 5) is 58.3.